The normalized spacial score (nSPS) is 11.1. The second kappa shape index (κ2) is 8.75. The molecular weight excluding hydrogens is 376 g/mol. The van der Waals surface area contributed by atoms with Crippen LogP contribution in [0.15, 0.2) is 72.9 Å². The molecule has 3 rings (SSSR count). The van der Waals surface area contributed by atoms with E-state index in [1.54, 1.807) is 49.5 Å². The molecule has 0 radical (unpaired) electrons. The Labute approximate surface area is 165 Å². The largest absolute Gasteiger partial charge is 0.481 e. The van der Waals surface area contributed by atoms with Gasteiger partial charge < -0.3 is 9.47 Å². The average molecular weight is 398 g/mol. The average Bonchev–Trinajstić information content (AvgIpc) is 2.74. The number of aromatic nitrogens is 1. The SMILES string of the molecule is CCS(=O)(=O)N(Cc1ccc(OC)nc1)c1ccc(Oc2ccccc2)cc1. The van der Waals surface area contributed by atoms with Gasteiger partial charge in [0, 0.05) is 12.3 Å². The van der Waals surface area contributed by atoms with Crippen LogP contribution in [-0.4, -0.2) is 26.3 Å². The van der Waals surface area contributed by atoms with Crippen LogP contribution in [0.4, 0.5) is 5.69 Å². The molecule has 0 fully saturated rings. The van der Waals surface area contributed by atoms with E-state index in [0.29, 0.717) is 17.3 Å². The summed E-state index contributed by atoms with van der Waals surface area (Å²) in [6.45, 7) is 1.81. The lowest BCUT2D eigenvalue weighted by molar-refractivity contribution is 0.397. The van der Waals surface area contributed by atoms with Gasteiger partial charge in [0.05, 0.1) is 25.1 Å². The van der Waals surface area contributed by atoms with Crippen LogP contribution in [0.5, 0.6) is 17.4 Å². The van der Waals surface area contributed by atoms with Crippen LogP contribution in [0.2, 0.25) is 0 Å². The fraction of sp³-hybridized carbons (Fsp3) is 0.190. The van der Waals surface area contributed by atoms with E-state index in [2.05, 4.69) is 4.98 Å². The molecule has 0 amide bonds. The van der Waals surface area contributed by atoms with E-state index in [0.717, 1.165) is 11.3 Å². The fourth-order valence-corrected chi connectivity index (χ4v) is 3.70. The molecule has 1 aromatic heterocycles. The van der Waals surface area contributed by atoms with E-state index in [9.17, 15) is 8.42 Å². The second-order valence-corrected chi connectivity index (χ2v) is 8.21. The molecule has 1 heterocycles. The van der Waals surface area contributed by atoms with Crippen LogP contribution < -0.4 is 13.8 Å². The summed E-state index contributed by atoms with van der Waals surface area (Å²) < 4.78 is 37.5. The zero-order valence-corrected chi connectivity index (χ0v) is 16.6. The first kappa shape index (κ1) is 19.7. The predicted octanol–water partition coefficient (Wildman–Crippen LogP) is 4.24. The van der Waals surface area contributed by atoms with Crippen molar-refractivity contribution in [3.8, 4) is 17.4 Å². The number of nitrogens with zero attached hydrogens (tertiary/aromatic N) is 2. The summed E-state index contributed by atoms with van der Waals surface area (Å²) in [5, 5.41) is 0. The maximum absolute atomic E-state index is 12.7. The molecule has 0 aliphatic carbocycles. The summed E-state index contributed by atoms with van der Waals surface area (Å²) in [6, 6.07) is 19.9. The van der Waals surface area contributed by atoms with Gasteiger partial charge in [-0.25, -0.2) is 13.4 Å². The van der Waals surface area contributed by atoms with Crippen molar-refractivity contribution < 1.29 is 17.9 Å². The molecule has 2 aromatic carbocycles. The molecule has 0 saturated heterocycles. The topological polar surface area (TPSA) is 68.7 Å². The third kappa shape index (κ3) is 4.80. The van der Waals surface area contributed by atoms with Crippen LogP contribution in [-0.2, 0) is 16.6 Å². The summed E-state index contributed by atoms with van der Waals surface area (Å²) in [7, 11) is -1.93. The van der Waals surface area contributed by atoms with Crippen LogP contribution in [0.3, 0.4) is 0 Å². The zero-order valence-electron chi connectivity index (χ0n) is 15.8. The monoisotopic (exact) mass is 398 g/mol. The van der Waals surface area contributed by atoms with E-state index in [1.807, 2.05) is 30.3 Å². The minimum Gasteiger partial charge on any atom is -0.481 e. The number of pyridine rings is 1. The van der Waals surface area contributed by atoms with Gasteiger partial charge in [0.2, 0.25) is 15.9 Å². The van der Waals surface area contributed by atoms with Gasteiger partial charge in [0.25, 0.3) is 0 Å². The van der Waals surface area contributed by atoms with Crippen molar-refractivity contribution in [2.45, 2.75) is 13.5 Å². The van der Waals surface area contributed by atoms with Crippen molar-refractivity contribution in [1.82, 2.24) is 4.98 Å². The summed E-state index contributed by atoms with van der Waals surface area (Å²) >= 11 is 0. The smallest absolute Gasteiger partial charge is 0.235 e. The molecule has 146 valence electrons. The van der Waals surface area contributed by atoms with Crippen molar-refractivity contribution in [2.75, 3.05) is 17.2 Å². The van der Waals surface area contributed by atoms with Crippen LogP contribution in [0, 0.1) is 0 Å². The van der Waals surface area contributed by atoms with Crippen molar-refractivity contribution in [1.29, 1.82) is 0 Å². The lowest BCUT2D eigenvalue weighted by atomic mass is 10.2. The molecule has 0 bridgehead atoms. The molecule has 3 aromatic rings. The van der Waals surface area contributed by atoms with Gasteiger partial charge >= 0.3 is 0 Å². The Morgan fingerprint density at radius 1 is 0.929 bits per heavy atom. The summed E-state index contributed by atoms with van der Waals surface area (Å²) in [4.78, 5) is 4.15. The molecular formula is C21H22N2O4S. The van der Waals surface area contributed by atoms with Gasteiger partial charge in [0.1, 0.15) is 11.5 Å². The van der Waals surface area contributed by atoms with Gasteiger partial charge in [-0.05, 0) is 48.9 Å². The van der Waals surface area contributed by atoms with Gasteiger partial charge in [-0.15, -0.1) is 0 Å². The first-order valence-electron chi connectivity index (χ1n) is 8.84. The highest BCUT2D eigenvalue weighted by atomic mass is 32.2. The molecule has 0 aliphatic heterocycles. The molecule has 28 heavy (non-hydrogen) atoms. The third-order valence-corrected chi connectivity index (χ3v) is 5.88. The Bertz CT molecular complexity index is 989. The van der Waals surface area contributed by atoms with Gasteiger partial charge in [0.15, 0.2) is 0 Å². The van der Waals surface area contributed by atoms with E-state index >= 15 is 0 Å². The number of ether oxygens (including phenoxy) is 2. The second-order valence-electron chi connectivity index (χ2n) is 6.03. The quantitative estimate of drug-likeness (QED) is 0.568. The fourth-order valence-electron chi connectivity index (χ4n) is 2.60. The third-order valence-electron chi connectivity index (χ3n) is 4.14. The molecule has 0 unspecified atom stereocenters. The number of benzene rings is 2. The lowest BCUT2D eigenvalue weighted by Gasteiger charge is -2.24. The number of hydrogen-bond acceptors (Lipinski definition) is 5. The number of sulfonamides is 1. The molecule has 0 saturated carbocycles. The number of anilines is 1. The zero-order chi connectivity index (χ0) is 20.0. The van der Waals surface area contributed by atoms with Crippen molar-refractivity contribution in [3.63, 3.8) is 0 Å². The Morgan fingerprint density at radius 2 is 1.61 bits per heavy atom. The first-order chi connectivity index (χ1) is 13.5. The number of para-hydroxylation sites is 1. The van der Waals surface area contributed by atoms with Crippen molar-refractivity contribution >= 4 is 15.7 Å². The molecule has 0 N–H and O–H groups in total. The highest BCUT2D eigenvalue weighted by Crippen LogP contribution is 2.27. The number of hydrogen-bond donors (Lipinski definition) is 0. The van der Waals surface area contributed by atoms with Crippen molar-refractivity contribution in [3.05, 3.63) is 78.5 Å². The first-order valence-corrected chi connectivity index (χ1v) is 10.4. The van der Waals surface area contributed by atoms with Gasteiger partial charge in [-0.1, -0.05) is 24.3 Å². The van der Waals surface area contributed by atoms with Crippen LogP contribution >= 0.6 is 0 Å². The Hall–Kier alpha value is -3.06. The maximum atomic E-state index is 12.7. The Morgan fingerprint density at radius 3 is 2.18 bits per heavy atom. The summed E-state index contributed by atoms with van der Waals surface area (Å²) in [5.41, 5.74) is 1.33. The minimum atomic E-state index is -3.47. The van der Waals surface area contributed by atoms with Gasteiger partial charge in [-0.2, -0.15) is 0 Å². The van der Waals surface area contributed by atoms with E-state index in [-0.39, 0.29) is 12.3 Å². The lowest BCUT2D eigenvalue weighted by Crippen LogP contribution is -2.31. The predicted molar refractivity (Wildman–Crippen MR) is 109 cm³/mol. The highest BCUT2D eigenvalue weighted by molar-refractivity contribution is 7.92. The van der Waals surface area contributed by atoms with Crippen molar-refractivity contribution in [2.24, 2.45) is 0 Å². The van der Waals surface area contributed by atoms with Crippen LogP contribution in [0.1, 0.15) is 12.5 Å². The molecule has 0 aliphatic rings. The Kier molecular flexibility index (Phi) is 6.16. The van der Waals surface area contributed by atoms with E-state index < -0.39 is 10.0 Å². The highest BCUT2D eigenvalue weighted by Gasteiger charge is 2.21. The standard InChI is InChI=1S/C21H22N2O4S/c1-3-28(24,25)23(16-17-9-14-21(26-2)22-15-17)18-10-12-20(13-11-18)27-19-7-5-4-6-8-19/h4-15H,3,16H2,1-2H3. The minimum absolute atomic E-state index is 0.00114. The maximum Gasteiger partial charge on any atom is 0.235 e. The molecule has 0 atom stereocenters. The molecule has 0 spiro atoms. The number of rotatable bonds is 8. The Balaban J connectivity index is 1.83. The summed E-state index contributed by atoms with van der Waals surface area (Å²) in [5.74, 6) is 1.84. The number of methoxy groups -OCH3 is 1. The molecule has 7 heteroatoms. The summed E-state index contributed by atoms with van der Waals surface area (Å²) in [6.07, 6.45) is 1.61. The van der Waals surface area contributed by atoms with E-state index in [4.69, 9.17) is 9.47 Å². The van der Waals surface area contributed by atoms with Crippen LogP contribution in [0.25, 0.3) is 0 Å². The van der Waals surface area contributed by atoms with E-state index in [1.165, 1.54) is 11.4 Å². The van der Waals surface area contributed by atoms with Gasteiger partial charge in [-0.3, -0.25) is 4.31 Å². The molecule has 6 nitrogen and oxygen atoms in total.